The number of hydrogen-bond acceptors (Lipinski definition) is 4. The average Bonchev–Trinajstić information content (AvgIpc) is 2.52. The van der Waals surface area contributed by atoms with E-state index in [1.807, 2.05) is 0 Å². The van der Waals surface area contributed by atoms with Gasteiger partial charge in [0.15, 0.2) is 11.5 Å². The van der Waals surface area contributed by atoms with E-state index in [1.165, 1.54) is 12.1 Å². The molecule has 0 saturated carbocycles. The fourth-order valence-corrected chi connectivity index (χ4v) is 2.58. The Bertz CT molecular complexity index is 808. The van der Waals surface area contributed by atoms with Gasteiger partial charge in [0.2, 0.25) is 0 Å². The number of carboxylic acid groups (broad SMARTS) is 1. The largest absolute Gasteiger partial charge is 0.530 e. The zero-order valence-electron chi connectivity index (χ0n) is 12.1. The van der Waals surface area contributed by atoms with E-state index in [1.54, 1.807) is 0 Å². The molecule has 0 atom stereocenters. The Morgan fingerprint density at radius 3 is 2.62 bits per heavy atom. The zero-order chi connectivity index (χ0) is 17.5. The molecule has 0 fully saturated rings. The third-order valence-electron chi connectivity index (χ3n) is 3.67. The lowest BCUT2D eigenvalue weighted by Gasteiger charge is -2.31. The third-order valence-corrected chi connectivity index (χ3v) is 3.67. The van der Waals surface area contributed by atoms with E-state index in [-0.39, 0.29) is 42.2 Å². The number of fused-ring (bicyclic) bond motifs is 1. The lowest BCUT2D eigenvalue weighted by atomic mass is 10.0. The molecule has 1 aromatic carbocycles. The lowest BCUT2D eigenvalue weighted by molar-refractivity contribution is -0.266. The van der Waals surface area contributed by atoms with Crippen molar-refractivity contribution in [3.63, 3.8) is 0 Å². The quantitative estimate of drug-likeness (QED) is 0.745. The lowest BCUT2D eigenvalue weighted by Crippen LogP contribution is -2.44. The van der Waals surface area contributed by atoms with Gasteiger partial charge < -0.3 is 14.8 Å². The molecule has 24 heavy (non-hydrogen) atoms. The van der Waals surface area contributed by atoms with Crippen molar-refractivity contribution in [1.82, 2.24) is 14.9 Å². The van der Waals surface area contributed by atoms with Crippen LogP contribution < -0.4 is 5.11 Å². The number of halogens is 4. The number of carbonyl (C=O) groups is 1. The van der Waals surface area contributed by atoms with E-state index in [0.29, 0.717) is 0 Å². The van der Waals surface area contributed by atoms with Gasteiger partial charge in [-0.2, -0.15) is 13.2 Å². The van der Waals surface area contributed by atoms with Crippen LogP contribution in [0.3, 0.4) is 0 Å². The first-order valence-corrected chi connectivity index (χ1v) is 6.94. The first kappa shape index (κ1) is 16.2. The molecule has 0 spiro atoms. The van der Waals surface area contributed by atoms with Crippen molar-refractivity contribution in [3.8, 4) is 11.4 Å². The molecule has 1 aliphatic rings. The van der Waals surface area contributed by atoms with Gasteiger partial charge in [0.05, 0.1) is 12.2 Å². The Hall–Kier alpha value is -2.71. The van der Waals surface area contributed by atoms with Crippen LogP contribution in [-0.4, -0.2) is 27.5 Å². The molecule has 2 aromatic rings. The van der Waals surface area contributed by atoms with E-state index < -0.39 is 23.8 Å². The van der Waals surface area contributed by atoms with Gasteiger partial charge in [0, 0.05) is 17.7 Å². The van der Waals surface area contributed by atoms with Crippen molar-refractivity contribution in [2.24, 2.45) is 0 Å². The van der Waals surface area contributed by atoms with Crippen LogP contribution >= 0.6 is 0 Å². The van der Waals surface area contributed by atoms with E-state index in [0.717, 1.165) is 17.0 Å². The molecule has 3 rings (SSSR count). The van der Waals surface area contributed by atoms with Crippen molar-refractivity contribution in [2.75, 3.05) is 6.54 Å². The van der Waals surface area contributed by atoms with E-state index in [9.17, 15) is 27.5 Å². The fraction of sp³-hybridized carbons (Fsp3) is 0.267. The number of amides is 1. The first-order valence-electron chi connectivity index (χ1n) is 6.94. The Kier molecular flexibility index (Phi) is 3.86. The summed E-state index contributed by atoms with van der Waals surface area (Å²) in [6, 6.07) is 4.87. The number of aromatic nitrogens is 2. The first-order chi connectivity index (χ1) is 11.3. The smallest absolute Gasteiger partial charge is 0.433 e. The molecule has 0 radical (unpaired) electrons. The van der Waals surface area contributed by atoms with E-state index in [4.69, 9.17) is 0 Å². The molecule has 0 unspecified atom stereocenters. The summed E-state index contributed by atoms with van der Waals surface area (Å²) in [4.78, 5) is 19.4. The van der Waals surface area contributed by atoms with Crippen LogP contribution in [0.15, 0.2) is 24.3 Å². The highest BCUT2D eigenvalue weighted by Gasteiger charge is 2.38. The SMILES string of the molecule is O=C([O-])N1CCc2c(nc(-c3cccc(F)c3)nc2C(F)(F)F)C1. The molecule has 5 nitrogen and oxygen atoms in total. The van der Waals surface area contributed by atoms with Crippen molar-refractivity contribution in [3.05, 3.63) is 47.0 Å². The van der Waals surface area contributed by atoms with Crippen LogP contribution in [0.4, 0.5) is 22.4 Å². The number of nitrogens with zero attached hydrogens (tertiary/aromatic N) is 3. The van der Waals surface area contributed by atoms with Crippen LogP contribution in [-0.2, 0) is 19.1 Å². The van der Waals surface area contributed by atoms with Crippen LogP contribution in [0.2, 0.25) is 0 Å². The molecule has 1 amide bonds. The van der Waals surface area contributed by atoms with Crippen molar-refractivity contribution >= 4 is 6.09 Å². The maximum Gasteiger partial charge on any atom is 0.433 e. The number of alkyl halides is 3. The standard InChI is InChI=1S/C15H11F4N3O2/c16-9-3-1-2-8(6-9)13-20-11-7-22(14(23)24)5-4-10(11)12(21-13)15(17,18)19/h1-3,6H,4-5,7H2,(H,23,24)/p-1. The molecule has 0 saturated heterocycles. The number of rotatable bonds is 1. The van der Waals surface area contributed by atoms with Gasteiger partial charge in [0.25, 0.3) is 0 Å². The average molecular weight is 340 g/mol. The second-order valence-electron chi connectivity index (χ2n) is 5.27. The second kappa shape index (κ2) is 5.73. The van der Waals surface area contributed by atoms with Crippen molar-refractivity contribution in [2.45, 2.75) is 19.1 Å². The summed E-state index contributed by atoms with van der Waals surface area (Å²) in [6.07, 6.45) is -6.37. The summed E-state index contributed by atoms with van der Waals surface area (Å²) >= 11 is 0. The minimum Gasteiger partial charge on any atom is -0.530 e. The third kappa shape index (κ3) is 3.01. The maximum absolute atomic E-state index is 13.3. The summed E-state index contributed by atoms with van der Waals surface area (Å²) in [5.74, 6) is -0.945. The summed E-state index contributed by atoms with van der Waals surface area (Å²) in [7, 11) is 0. The van der Waals surface area contributed by atoms with Crippen molar-refractivity contribution < 1.29 is 27.5 Å². The van der Waals surface area contributed by atoms with E-state index >= 15 is 0 Å². The van der Waals surface area contributed by atoms with Gasteiger partial charge in [-0.3, -0.25) is 0 Å². The minimum atomic E-state index is -4.72. The molecular weight excluding hydrogens is 330 g/mol. The van der Waals surface area contributed by atoms with E-state index in [2.05, 4.69) is 9.97 Å². The highest BCUT2D eigenvalue weighted by Crippen LogP contribution is 2.35. The summed E-state index contributed by atoms with van der Waals surface area (Å²) < 4.78 is 53.2. The molecular formula is C15H10F4N3O2-. The van der Waals surface area contributed by atoms with Crippen LogP contribution in [0.25, 0.3) is 11.4 Å². The highest BCUT2D eigenvalue weighted by molar-refractivity contribution is 5.63. The molecule has 0 aliphatic carbocycles. The fourth-order valence-electron chi connectivity index (χ4n) is 2.58. The second-order valence-corrected chi connectivity index (χ2v) is 5.27. The molecule has 9 heteroatoms. The molecule has 2 heterocycles. The van der Waals surface area contributed by atoms with Crippen LogP contribution in [0.1, 0.15) is 17.0 Å². The monoisotopic (exact) mass is 340 g/mol. The Morgan fingerprint density at radius 1 is 1.25 bits per heavy atom. The predicted molar refractivity (Wildman–Crippen MR) is 71.9 cm³/mol. The van der Waals surface area contributed by atoms with Gasteiger partial charge in [-0.15, -0.1) is 0 Å². The van der Waals surface area contributed by atoms with Crippen LogP contribution in [0.5, 0.6) is 0 Å². The van der Waals surface area contributed by atoms with Crippen molar-refractivity contribution in [1.29, 1.82) is 0 Å². The predicted octanol–water partition coefficient (Wildman–Crippen LogP) is 2.00. The molecule has 0 N–H and O–H groups in total. The number of carbonyl (C=O) groups excluding carboxylic acids is 1. The van der Waals surface area contributed by atoms with Gasteiger partial charge in [-0.1, -0.05) is 12.1 Å². The molecule has 1 aromatic heterocycles. The molecule has 1 aliphatic heterocycles. The highest BCUT2D eigenvalue weighted by atomic mass is 19.4. The topological polar surface area (TPSA) is 69.2 Å². The molecule has 126 valence electrons. The van der Waals surface area contributed by atoms with Gasteiger partial charge in [-0.25, -0.2) is 14.4 Å². The zero-order valence-corrected chi connectivity index (χ0v) is 12.1. The minimum absolute atomic E-state index is 0.0490. The number of benzene rings is 1. The summed E-state index contributed by atoms with van der Waals surface area (Å²) in [5, 5.41) is 10.9. The van der Waals surface area contributed by atoms with Gasteiger partial charge in [-0.05, 0) is 18.6 Å². The summed E-state index contributed by atoms with van der Waals surface area (Å²) in [5.41, 5.74) is -1.23. The summed E-state index contributed by atoms with van der Waals surface area (Å²) in [6.45, 7) is -0.452. The van der Waals surface area contributed by atoms with Gasteiger partial charge >= 0.3 is 6.18 Å². The molecule has 0 bridgehead atoms. The maximum atomic E-state index is 13.3. The normalized spacial score (nSPS) is 14.4. The Labute approximate surface area is 133 Å². The number of hydrogen-bond donors (Lipinski definition) is 0. The Morgan fingerprint density at radius 2 is 2.00 bits per heavy atom. The van der Waals surface area contributed by atoms with Gasteiger partial charge in [0.1, 0.15) is 11.9 Å². The Balaban J connectivity index is 2.16. The van der Waals surface area contributed by atoms with Crippen LogP contribution in [0, 0.1) is 5.82 Å².